The second-order valence-corrected chi connectivity index (χ2v) is 8.22. The number of hydrogen-bond donors (Lipinski definition) is 2. The lowest BCUT2D eigenvalue weighted by molar-refractivity contribution is -0.908. The van der Waals surface area contributed by atoms with Crippen LogP contribution in [0.5, 0.6) is 0 Å². The number of pyridine rings is 1. The quantitative estimate of drug-likeness (QED) is 0.719. The average molecular weight is 393 g/mol. The van der Waals surface area contributed by atoms with E-state index in [1.165, 1.54) is 15.4 Å². The molecule has 150 valence electrons. The maximum Gasteiger partial charge on any atom is 0.329 e. The van der Waals surface area contributed by atoms with Gasteiger partial charge in [0.15, 0.2) is 6.67 Å². The van der Waals surface area contributed by atoms with E-state index in [1.807, 2.05) is 36.5 Å². The van der Waals surface area contributed by atoms with E-state index in [0.717, 1.165) is 50.4 Å². The van der Waals surface area contributed by atoms with Crippen LogP contribution >= 0.6 is 0 Å². The van der Waals surface area contributed by atoms with E-state index in [2.05, 4.69) is 27.3 Å². The molecule has 1 atom stereocenters. The van der Waals surface area contributed by atoms with Gasteiger partial charge in [0.25, 0.3) is 11.7 Å². The van der Waals surface area contributed by atoms with Gasteiger partial charge in [-0.05, 0) is 36.5 Å². The van der Waals surface area contributed by atoms with Gasteiger partial charge in [0.2, 0.25) is 0 Å². The Kier molecular flexibility index (Phi) is 4.47. The van der Waals surface area contributed by atoms with Crippen molar-refractivity contribution < 1.29 is 19.5 Å². The summed E-state index contributed by atoms with van der Waals surface area (Å²) in [7, 11) is 0. The molecule has 3 N–H and O–H groups in total. The number of benzene rings is 1. The van der Waals surface area contributed by atoms with Crippen molar-refractivity contribution in [2.24, 2.45) is 0 Å². The van der Waals surface area contributed by atoms with Crippen LogP contribution in [0, 0.1) is 0 Å². The van der Waals surface area contributed by atoms with Crippen LogP contribution in [-0.2, 0) is 16.8 Å². The molecule has 3 aliphatic rings. The van der Waals surface area contributed by atoms with Crippen molar-refractivity contribution in [3.8, 4) is 0 Å². The summed E-state index contributed by atoms with van der Waals surface area (Å²) < 4.78 is 0. The van der Waals surface area contributed by atoms with Crippen LogP contribution in [0.3, 0.4) is 0 Å². The number of rotatable bonds is 3. The fraction of sp³-hybridized carbons (Fsp3) is 0.409. The average Bonchev–Trinajstić information content (AvgIpc) is 3.00. The normalized spacial score (nSPS) is 24.7. The Balaban J connectivity index is 1.29. The van der Waals surface area contributed by atoms with Crippen molar-refractivity contribution in [2.45, 2.75) is 24.8 Å². The summed E-state index contributed by atoms with van der Waals surface area (Å²) in [5.74, 6) is 1.03. The van der Waals surface area contributed by atoms with Gasteiger partial charge in [-0.15, -0.1) is 0 Å². The van der Waals surface area contributed by atoms with Gasteiger partial charge >= 0.3 is 6.03 Å². The van der Waals surface area contributed by atoms with Crippen LogP contribution in [0.2, 0.25) is 0 Å². The number of aryl methyl sites for hydroxylation is 1. The number of piperazine rings is 1. The van der Waals surface area contributed by atoms with E-state index in [0.29, 0.717) is 13.1 Å². The maximum absolute atomic E-state index is 13.4. The highest BCUT2D eigenvalue weighted by molar-refractivity contribution is 6.07. The zero-order valence-electron chi connectivity index (χ0n) is 16.5. The molecule has 1 aromatic heterocycles. The summed E-state index contributed by atoms with van der Waals surface area (Å²) in [5, 5.41) is 3.06. The smallest absolute Gasteiger partial charge is 0.319 e. The number of amides is 3. The number of aromatic amines is 1. The second kappa shape index (κ2) is 7.15. The van der Waals surface area contributed by atoms with E-state index in [4.69, 9.17) is 0 Å². The highest BCUT2D eigenvalue weighted by Gasteiger charge is 2.54. The Labute approximate surface area is 170 Å². The van der Waals surface area contributed by atoms with Gasteiger partial charge in [-0.25, -0.2) is 14.7 Å². The molecule has 5 rings (SSSR count). The molecular formula is C22H27N5O2+2. The van der Waals surface area contributed by atoms with E-state index in [-0.39, 0.29) is 11.9 Å². The number of urea groups is 1. The topological polar surface area (TPSA) is 71.2 Å². The third kappa shape index (κ3) is 3.06. The van der Waals surface area contributed by atoms with Gasteiger partial charge in [0.05, 0.1) is 6.20 Å². The minimum absolute atomic E-state index is 0.0824. The molecule has 1 spiro atoms. The lowest BCUT2D eigenvalue weighted by atomic mass is 9.76. The molecule has 3 heterocycles. The van der Waals surface area contributed by atoms with Crippen LogP contribution in [0.25, 0.3) is 0 Å². The highest BCUT2D eigenvalue weighted by Crippen LogP contribution is 2.39. The molecule has 0 bridgehead atoms. The molecule has 2 aliphatic heterocycles. The first-order chi connectivity index (χ1) is 14.2. The van der Waals surface area contributed by atoms with Crippen LogP contribution in [0.15, 0.2) is 48.7 Å². The maximum atomic E-state index is 13.4. The van der Waals surface area contributed by atoms with Crippen LogP contribution in [0.1, 0.15) is 24.0 Å². The van der Waals surface area contributed by atoms with Crippen molar-refractivity contribution in [1.29, 1.82) is 0 Å². The molecule has 1 aromatic carbocycles. The Hall–Kier alpha value is -2.93. The molecule has 29 heavy (non-hydrogen) atoms. The van der Waals surface area contributed by atoms with Gasteiger partial charge in [-0.3, -0.25) is 9.69 Å². The van der Waals surface area contributed by atoms with Crippen molar-refractivity contribution in [3.05, 3.63) is 59.8 Å². The number of carbonyl (C=O) groups excluding carboxylic acids is 2. The van der Waals surface area contributed by atoms with Gasteiger partial charge in [-0.2, -0.15) is 0 Å². The molecule has 1 aliphatic carbocycles. The number of hydrogen-bond acceptors (Lipinski definition) is 3. The molecule has 3 amide bonds. The number of imide groups is 1. The number of aromatic nitrogens is 1. The minimum atomic E-state index is -0.869. The first kappa shape index (κ1) is 18.1. The summed E-state index contributed by atoms with van der Waals surface area (Å²) in [5.41, 5.74) is 1.28. The van der Waals surface area contributed by atoms with Crippen molar-refractivity contribution in [3.63, 3.8) is 0 Å². The monoisotopic (exact) mass is 393 g/mol. The second-order valence-electron chi connectivity index (χ2n) is 8.22. The Morgan fingerprint density at radius 1 is 1.07 bits per heavy atom. The van der Waals surface area contributed by atoms with E-state index in [1.54, 1.807) is 0 Å². The minimum Gasteiger partial charge on any atom is -0.319 e. The summed E-state index contributed by atoms with van der Waals surface area (Å²) in [6, 6.07) is 13.9. The highest BCUT2D eigenvalue weighted by atomic mass is 16.2. The third-order valence-corrected chi connectivity index (χ3v) is 6.54. The zero-order valence-corrected chi connectivity index (χ0v) is 16.5. The summed E-state index contributed by atoms with van der Waals surface area (Å²) in [4.78, 5) is 34.5. The van der Waals surface area contributed by atoms with Gasteiger partial charge in [0, 0.05) is 6.07 Å². The molecule has 0 saturated carbocycles. The molecule has 2 aromatic rings. The van der Waals surface area contributed by atoms with Gasteiger partial charge in [0.1, 0.15) is 31.7 Å². The van der Waals surface area contributed by atoms with Crippen molar-refractivity contribution in [2.75, 3.05) is 37.7 Å². The lowest BCUT2D eigenvalue weighted by Gasteiger charge is -2.34. The zero-order chi connectivity index (χ0) is 19.8. The van der Waals surface area contributed by atoms with E-state index >= 15 is 0 Å². The van der Waals surface area contributed by atoms with E-state index in [9.17, 15) is 9.59 Å². The summed E-state index contributed by atoms with van der Waals surface area (Å²) in [6.45, 7) is 4.01. The SMILES string of the molecule is O=C1N[C@]2(CCCc3ccccc32)C(=O)N1C[NH+]1CCN(c2cccc[nH+]2)CC1. The van der Waals surface area contributed by atoms with Crippen molar-refractivity contribution >= 4 is 17.8 Å². The Morgan fingerprint density at radius 3 is 2.66 bits per heavy atom. The number of carbonyl (C=O) groups is 2. The van der Waals surface area contributed by atoms with E-state index < -0.39 is 5.54 Å². The number of anilines is 1. The molecule has 7 heteroatoms. The molecule has 0 unspecified atom stereocenters. The summed E-state index contributed by atoms with van der Waals surface area (Å²) >= 11 is 0. The Morgan fingerprint density at radius 2 is 1.86 bits per heavy atom. The van der Waals surface area contributed by atoms with Crippen LogP contribution in [-0.4, -0.2) is 49.7 Å². The standard InChI is InChI=1S/C22H25N5O2/c28-20-22(10-5-7-17-6-1-2-8-18(17)22)24-21(29)27(20)16-25-12-14-26(15-13-25)19-9-3-4-11-23-19/h1-4,6,8-9,11H,5,7,10,12-16H2,(H,24,29)/p+2/t22-/m0/s1. The molecule has 7 nitrogen and oxygen atoms in total. The predicted octanol–water partition coefficient (Wildman–Crippen LogP) is -0.0533. The number of quaternary nitrogens is 1. The largest absolute Gasteiger partial charge is 0.329 e. The fourth-order valence-corrected chi connectivity index (χ4v) is 4.98. The molecule has 2 saturated heterocycles. The van der Waals surface area contributed by atoms with Crippen LogP contribution < -0.4 is 20.1 Å². The number of H-pyrrole nitrogens is 1. The Bertz CT molecular complexity index is 926. The van der Waals surface area contributed by atoms with Gasteiger partial charge < -0.3 is 10.2 Å². The number of nitrogens with zero attached hydrogens (tertiary/aromatic N) is 2. The molecule has 2 fully saturated rings. The third-order valence-electron chi connectivity index (χ3n) is 6.54. The number of nitrogens with one attached hydrogen (secondary N) is 3. The first-order valence-corrected chi connectivity index (χ1v) is 10.5. The predicted molar refractivity (Wildman–Crippen MR) is 107 cm³/mol. The summed E-state index contributed by atoms with van der Waals surface area (Å²) in [6.07, 6.45) is 4.49. The first-order valence-electron chi connectivity index (χ1n) is 10.5. The fourth-order valence-electron chi connectivity index (χ4n) is 4.98. The molecule has 0 radical (unpaired) electrons. The lowest BCUT2D eigenvalue weighted by Crippen LogP contribution is -3.16. The van der Waals surface area contributed by atoms with Gasteiger partial charge in [-0.1, -0.05) is 30.3 Å². The van der Waals surface area contributed by atoms with Crippen molar-refractivity contribution in [1.82, 2.24) is 10.2 Å². The molecular weight excluding hydrogens is 366 g/mol. The van der Waals surface area contributed by atoms with Crippen LogP contribution in [0.4, 0.5) is 10.6 Å². The number of fused-ring (bicyclic) bond motifs is 2.